The number of rotatable bonds is 6. The standard InChI is InChI=1S/C25H24N4O10/c1-12-6-8-16(9-7-12)29-22(26)20(23(33)27(5)24(29)34)28(25(35)36)17-10-18(37-13(2)30)21(39-15(4)32)19(11-17)38-14(3)31/h6-11H,26H2,1-5H3,(H,35,36). The highest BCUT2D eigenvalue weighted by Crippen LogP contribution is 2.44. The lowest BCUT2D eigenvalue weighted by atomic mass is 10.2. The molecule has 0 fully saturated rings. The zero-order valence-corrected chi connectivity index (χ0v) is 21.5. The van der Waals surface area contributed by atoms with Gasteiger partial charge in [-0.3, -0.25) is 23.7 Å². The fourth-order valence-corrected chi connectivity index (χ4v) is 3.60. The predicted octanol–water partition coefficient (Wildman–Crippen LogP) is 2.02. The van der Waals surface area contributed by atoms with Crippen LogP contribution in [0.25, 0.3) is 5.69 Å². The molecule has 1 aromatic heterocycles. The summed E-state index contributed by atoms with van der Waals surface area (Å²) in [6, 6.07) is 8.40. The summed E-state index contributed by atoms with van der Waals surface area (Å²) in [4.78, 5) is 74.4. The number of carboxylic acid groups (broad SMARTS) is 1. The van der Waals surface area contributed by atoms with E-state index in [1.165, 1.54) is 0 Å². The van der Waals surface area contributed by atoms with Crippen molar-refractivity contribution in [3.63, 3.8) is 0 Å². The molecule has 39 heavy (non-hydrogen) atoms. The van der Waals surface area contributed by atoms with Gasteiger partial charge in [0.1, 0.15) is 5.82 Å². The second-order valence-electron chi connectivity index (χ2n) is 8.22. The molecule has 0 unspecified atom stereocenters. The molecule has 1 heterocycles. The van der Waals surface area contributed by atoms with E-state index in [2.05, 4.69) is 0 Å². The Morgan fingerprint density at radius 3 is 1.79 bits per heavy atom. The second kappa shape index (κ2) is 10.9. The number of anilines is 3. The van der Waals surface area contributed by atoms with Gasteiger partial charge in [-0.05, 0) is 19.1 Å². The van der Waals surface area contributed by atoms with Crippen molar-refractivity contribution in [2.75, 3.05) is 10.6 Å². The van der Waals surface area contributed by atoms with Crippen molar-refractivity contribution in [2.45, 2.75) is 27.7 Å². The third-order valence-corrected chi connectivity index (χ3v) is 5.19. The average Bonchev–Trinajstić information content (AvgIpc) is 2.82. The van der Waals surface area contributed by atoms with Crippen molar-refractivity contribution in [2.24, 2.45) is 7.05 Å². The monoisotopic (exact) mass is 540 g/mol. The molecule has 0 radical (unpaired) electrons. The molecule has 0 aliphatic heterocycles. The van der Waals surface area contributed by atoms with Gasteiger partial charge in [0.25, 0.3) is 5.56 Å². The largest absolute Gasteiger partial charge is 0.464 e. The van der Waals surface area contributed by atoms with Crippen LogP contribution in [-0.4, -0.2) is 38.2 Å². The van der Waals surface area contributed by atoms with Crippen LogP contribution in [0.4, 0.5) is 22.0 Å². The van der Waals surface area contributed by atoms with Gasteiger partial charge in [-0.15, -0.1) is 0 Å². The highest BCUT2D eigenvalue weighted by atomic mass is 16.6. The lowest BCUT2D eigenvalue weighted by Gasteiger charge is -2.24. The Kier molecular flexibility index (Phi) is 7.89. The van der Waals surface area contributed by atoms with Crippen LogP contribution in [0, 0.1) is 6.92 Å². The number of hydrogen-bond donors (Lipinski definition) is 2. The first kappa shape index (κ1) is 28.2. The molecule has 0 saturated carbocycles. The number of nitrogens with two attached hydrogens (primary N) is 1. The molecule has 0 spiro atoms. The van der Waals surface area contributed by atoms with Crippen LogP contribution < -0.4 is 36.1 Å². The van der Waals surface area contributed by atoms with E-state index in [0.29, 0.717) is 9.47 Å². The maximum Gasteiger partial charge on any atom is 0.416 e. The number of aromatic nitrogens is 2. The number of hydrogen-bond acceptors (Lipinski definition) is 10. The second-order valence-corrected chi connectivity index (χ2v) is 8.22. The van der Waals surface area contributed by atoms with Crippen molar-refractivity contribution < 1.29 is 38.5 Å². The van der Waals surface area contributed by atoms with E-state index in [4.69, 9.17) is 19.9 Å². The molecule has 2 aromatic carbocycles. The molecule has 0 bridgehead atoms. The molecule has 14 nitrogen and oxygen atoms in total. The summed E-state index contributed by atoms with van der Waals surface area (Å²) in [6.45, 7) is 4.90. The fourth-order valence-electron chi connectivity index (χ4n) is 3.60. The topological polar surface area (TPSA) is 189 Å². The minimum Gasteiger partial charge on any atom is -0.464 e. The van der Waals surface area contributed by atoms with Crippen LogP contribution in [-0.2, 0) is 21.4 Å². The number of benzene rings is 2. The van der Waals surface area contributed by atoms with Crippen LogP contribution in [0.3, 0.4) is 0 Å². The van der Waals surface area contributed by atoms with Crippen LogP contribution in [0.5, 0.6) is 17.2 Å². The first-order chi connectivity index (χ1) is 18.2. The van der Waals surface area contributed by atoms with Gasteiger partial charge in [0, 0.05) is 40.0 Å². The lowest BCUT2D eigenvalue weighted by Crippen LogP contribution is -2.43. The van der Waals surface area contributed by atoms with E-state index < -0.39 is 69.7 Å². The first-order valence-corrected chi connectivity index (χ1v) is 11.2. The van der Waals surface area contributed by atoms with E-state index in [1.807, 2.05) is 6.92 Å². The molecule has 3 aromatic rings. The lowest BCUT2D eigenvalue weighted by molar-refractivity contribution is -0.135. The van der Waals surface area contributed by atoms with Crippen molar-refractivity contribution in [3.05, 3.63) is 62.8 Å². The number of esters is 3. The minimum atomic E-state index is -1.74. The number of nitrogens with zero attached hydrogens (tertiary/aromatic N) is 3. The van der Waals surface area contributed by atoms with Crippen LogP contribution in [0.1, 0.15) is 26.3 Å². The number of carbonyl (C=O) groups is 4. The van der Waals surface area contributed by atoms with Gasteiger partial charge in [-0.1, -0.05) is 17.7 Å². The number of ether oxygens (including phenoxy) is 3. The zero-order chi connectivity index (χ0) is 29.2. The summed E-state index contributed by atoms with van der Waals surface area (Å²) < 4.78 is 16.8. The van der Waals surface area contributed by atoms with Gasteiger partial charge in [0.05, 0.1) is 11.4 Å². The quantitative estimate of drug-likeness (QED) is 0.344. The molecule has 0 saturated heterocycles. The van der Waals surface area contributed by atoms with E-state index in [9.17, 15) is 33.9 Å². The normalized spacial score (nSPS) is 10.5. The Labute approximate surface area is 220 Å². The van der Waals surface area contributed by atoms with Gasteiger partial charge in [-0.2, -0.15) is 0 Å². The van der Waals surface area contributed by atoms with Crippen molar-refractivity contribution in [1.82, 2.24) is 9.13 Å². The summed E-state index contributed by atoms with van der Waals surface area (Å²) in [5.74, 6) is -4.67. The number of nitrogen functional groups attached to an aromatic ring is 1. The summed E-state index contributed by atoms with van der Waals surface area (Å²) in [7, 11) is 1.14. The number of amides is 1. The summed E-state index contributed by atoms with van der Waals surface area (Å²) >= 11 is 0. The van der Waals surface area contributed by atoms with Gasteiger partial charge >= 0.3 is 29.7 Å². The van der Waals surface area contributed by atoms with Crippen LogP contribution in [0.2, 0.25) is 0 Å². The molecule has 0 aliphatic rings. The highest BCUT2D eigenvalue weighted by molar-refractivity contribution is 5.98. The summed E-state index contributed by atoms with van der Waals surface area (Å²) in [6.07, 6.45) is -1.74. The molecular weight excluding hydrogens is 516 g/mol. The van der Waals surface area contributed by atoms with E-state index >= 15 is 0 Å². The Hall–Kier alpha value is -5.40. The van der Waals surface area contributed by atoms with Crippen molar-refractivity contribution in [1.29, 1.82) is 0 Å². The maximum atomic E-state index is 13.2. The van der Waals surface area contributed by atoms with Gasteiger partial charge in [0.2, 0.25) is 5.75 Å². The predicted molar refractivity (Wildman–Crippen MR) is 137 cm³/mol. The Morgan fingerprint density at radius 2 is 1.36 bits per heavy atom. The molecule has 3 rings (SSSR count). The SMILES string of the molecule is CC(=O)Oc1cc(N(C(=O)O)c2c(N)n(-c3ccc(C)cc3)c(=O)n(C)c2=O)cc(OC(C)=O)c1OC(C)=O. The van der Waals surface area contributed by atoms with Gasteiger partial charge in [-0.25, -0.2) is 19.1 Å². The van der Waals surface area contributed by atoms with E-state index in [0.717, 1.165) is 50.1 Å². The van der Waals surface area contributed by atoms with E-state index in [1.54, 1.807) is 24.3 Å². The molecule has 14 heteroatoms. The zero-order valence-electron chi connectivity index (χ0n) is 21.5. The van der Waals surface area contributed by atoms with Crippen LogP contribution >= 0.6 is 0 Å². The molecule has 0 atom stereocenters. The summed E-state index contributed by atoms with van der Waals surface area (Å²) in [5.41, 5.74) is 4.37. The minimum absolute atomic E-state index is 0.247. The first-order valence-electron chi connectivity index (χ1n) is 11.2. The number of carbonyl (C=O) groups excluding carboxylic acids is 3. The smallest absolute Gasteiger partial charge is 0.416 e. The van der Waals surface area contributed by atoms with Gasteiger partial charge in [0.15, 0.2) is 17.2 Å². The van der Waals surface area contributed by atoms with Crippen molar-refractivity contribution >= 4 is 41.2 Å². The number of aryl methyl sites for hydroxylation is 1. The van der Waals surface area contributed by atoms with Gasteiger partial charge < -0.3 is 25.1 Å². The molecule has 0 aliphatic carbocycles. The Balaban J connectivity index is 2.42. The maximum absolute atomic E-state index is 13.2. The van der Waals surface area contributed by atoms with Crippen molar-refractivity contribution in [3.8, 4) is 22.9 Å². The van der Waals surface area contributed by atoms with E-state index in [-0.39, 0.29) is 5.69 Å². The Morgan fingerprint density at radius 1 is 0.872 bits per heavy atom. The summed E-state index contributed by atoms with van der Waals surface area (Å²) in [5, 5.41) is 10.2. The third-order valence-electron chi connectivity index (χ3n) is 5.19. The third kappa shape index (κ3) is 5.79. The molecule has 1 amide bonds. The molecular formula is C25H24N4O10. The average molecular weight is 540 g/mol. The fraction of sp³-hybridized carbons (Fsp3) is 0.200. The molecule has 3 N–H and O–H groups in total. The highest BCUT2D eigenvalue weighted by Gasteiger charge is 2.30. The van der Waals surface area contributed by atoms with Crippen LogP contribution in [0.15, 0.2) is 46.0 Å². The molecule has 204 valence electrons. The Bertz CT molecular complexity index is 1580.